The number of hydrogen-bond donors (Lipinski definition) is 2. The van der Waals surface area contributed by atoms with Crippen LogP contribution < -0.4 is 16.0 Å². The smallest absolute Gasteiger partial charge is 0.263 e. The van der Waals surface area contributed by atoms with Gasteiger partial charge in [0.05, 0.1) is 10.7 Å². The number of rotatable bonds is 4. The monoisotopic (exact) mass is 307 g/mol. The molecule has 2 heterocycles. The fourth-order valence-corrected chi connectivity index (χ4v) is 4.34. The van der Waals surface area contributed by atoms with Gasteiger partial charge in [0.25, 0.3) is 5.91 Å². The van der Waals surface area contributed by atoms with Crippen LogP contribution in [0.25, 0.3) is 0 Å². The van der Waals surface area contributed by atoms with E-state index in [-0.39, 0.29) is 5.91 Å². The van der Waals surface area contributed by atoms with Gasteiger partial charge in [-0.05, 0) is 44.4 Å². The van der Waals surface area contributed by atoms with Gasteiger partial charge in [-0.15, -0.1) is 11.3 Å². The molecule has 1 saturated carbocycles. The Bertz CT molecular complexity index is 528. The number of hydrogen-bond acceptors (Lipinski definition) is 4. The van der Waals surface area contributed by atoms with Gasteiger partial charge in [0, 0.05) is 25.2 Å². The molecule has 1 saturated heterocycles. The van der Waals surface area contributed by atoms with Gasteiger partial charge >= 0.3 is 0 Å². The molecule has 0 bridgehead atoms. The van der Waals surface area contributed by atoms with Crippen molar-refractivity contribution in [1.82, 2.24) is 5.32 Å². The molecule has 0 unspecified atom stereocenters. The van der Waals surface area contributed by atoms with Gasteiger partial charge in [-0.25, -0.2) is 0 Å². The van der Waals surface area contributed by atoms with Gasteiger partial charge in [0.15, 0.2) is 0 Å². The lowest BCUT2D eigenvalue weighted by Crippen LogP contribution is -2.32. The number of nitrogens with one attached hydrogen (secondary N) is 1. The Labute approximate surface area is 130 Å². The summed E-state index contributed by atoms with van der Waals surface area (Å²) in [5, 5.41) is 4.15. The Hall–Kier alpha value is -1.23. The van der Waals surface area contributed by atoms with E-state index in [1.165, 1.54) is 36.2 Å². The first kappa shape index (κ1) is 14.7. The first-order valence-corrected chi connectivity index (χ1v) is 8.88. The molecule has 1 aromatic heterocycles. The molecule has 1 aromatic rings. The summed E-state index contributed by atoms with van der Waals surface area (Å²) in [4.78, 5) is 15.4. The summed E-state index contributed by atoms with van der Waals surface area (Å²) in [6.45, 7) is 7.09. The van der Waals surface area contributed by atoms with Crippen LogP contribution in [0.3, 0.4) is 0 Å². The Morgan fingerprint density at radius 3 is 2.57 bits per heavy atom. The van der Waals surface area contributed by atoms with Crippen molar-refractivity contribution in [2.24, 2.45) is 5.92 Å². The molecule has 1 aliphatic carbocycles. The fourth-order valence-electron chi connectivity index (χ4n) is 3.07. The molecule has 4 nitrogen and oxygen atoms in total. The van der Waals surface area contributed by atoms with Crippen LogP contribution in [0.2, 0.25) is 0 Å². The van der Waals surface area contributed by atoms with E-state index in [0.717, 1.165) is 24.7 Å². The second-order valence-electron chi connectivity index (χ2n) is 6.37. The minimum atomic E-state index is -0.0153. The molecule has 0 atom stereocenters. The number of anilines is 2. The van der Waals surface area contributed by atoms with E-state index in [2.05, 4.69) is 17.1 Å². The van der Waals surface area contributed by atoms with Crippen molar-refractivity contribution in [2.75, 3.05) is 30.3 Å². The van der Waals surface area contributed by atoms with Crippen LogP contribution in [-0.4, -0.2) is 25.5 Å². The third-order valence-corrected chi connectivity index (χ3v) is 5.84. The molecule has 3 N–H and O–H groups in total. The van der Waals surface area contributed by atoms with Crippen LogP contribution in [0.4, 0.5) is 10.7 Å². The molecule has 2 aliphatic rings. The van der Waals surface area contributed by atoms with E-state index >= 15 is 0 Å². The number of piperidine rings is 1. The number of carbonyl (C=O) groups excluding carboxylic acids is 1. The maximum absolute atomic E-state index is 12.2. The summed E-state index contributed by atoms with van der Waals surface area (Å²) < 4.78 is 0. The van der Waals surface area contributed by atoms with Gasteiger partial charge in [0.2, 0.25) is 0 Å². The quantitative estimate of drug-likeness (QED) is 0.898. The van der Waals surface area contributed by atoms with Crippen molar-refractivity contribution in [3.05, 3.63) is 10.4 Å². The minimum Gasteiger partial charge on any atom is -0.397 e. The zero-order valence-corrected chi connectivity index (χ0v) is 13.8. The summed E-state index contributed by atoms with van der Waals surface area (Å²) >= 11 is 1.60. The lowest BCUT2D eigenvalue weighted by Gasteiger charge is -2.32. The van der Waals surface area contributed by atoms with E-state index in [1.807, 2.05) is 6.92 Å². The lowest BCUT2D eigenvalue weighted by atomic mass is 9.99. The van der Waals surface area contributed by atoms with E-state index in [4.69, 9.17) is 5.73 Å². The van der Waals surface area contributed by atoms with Crippen molar-refractivity contribution in [3.8, 4) is 0 Å². The summed E-state index contributed by atoms with van der Waals surface area (Å²) in [6.07, 6.45) is 4.90. The average molecular weight is 307 g/mol. The normalized spacial score (nSPS) is 19.8. The standard InChI is InChI=1S/C16H25N3OS/c1-3-18-15(20)14-13(17)12(11-4-5-11)16(21-14)19-8-6-10(2)7-9-19/h10-11H,3-9,17H2,1-2H3,(H,18,20). The highest BCUT2D eigenvalue weighted by molar-refractivity contribution is 7.18. The highest BCUT2D eigenvalue weighted by atomic mass is 32.1. The molecule has 0 radical (unpaired) electrons. The second-order valence-corrected chi connectivity index (χ2v) is 7.37. The molecule has 0 aromatic carbocycles. The molecule has 116 valence electrons. The van der Waals surface area contributed by atoms with E-state index in [9.17, 15) is 4.79 Å². The average Bonchev–Trinajstić information content (AvgIpc) is 3.23. The fraction of sp³-hybridized carbons (Fsp3) is 0.688. The van der Waals surface area contributed by atoms with Crippen LogP contribution in [0, 0.1) is 5.92 Å². The number of thiophene rings is 1. The molecule has 0 spiro atoms. The summed E-state index contributed by atoms with van der Waals surface area (Å²) in [5.74, 6) is 1.38. The number of carbonyl (C=O) groups is 1. The van der Waals surface area contributed by atoms with Crippen LogP contribution in [0.1, 0.15) is 60.7 Å². The van der Waals surface area contributed by atoms with Crippen molar-refractivity contribution in [2.45, 2.75) is 45.4 Å². The van der Waals surface area contributed by atoms with E-state index in [1.54, 1.807) is 11.3 Å². The number of nitrogen functional groups attached to an aromatic ring is 1. The summed E-state index contributed by atoms with van der Waals surface area (Å²) in [6, 6.07) is 0. The largest absolute Gasteiger partial charge is 0.397 e. The second kappa shape index (κ2) is 5.87. The van der Waals surface area contributed by atoms with E-state index in [0.29, 0.717) is 17.3 Å². The third kappa shape index (κ3) is 2.89. The van der Waals surface area contributed by atoms with Gasteiger partial charge in [-0.2, -0.15) is 0 Å². The number of nitrogens with two attached hydrogens (primary N) is 1. The van der Waals surface area contributed by atoms with Crippen molar-refractivity contribution >= 4 is 27.9 Å². The van der Waals surface area contributed by atoms with Gasteiger partial charge in [-0.3, -0.25) is 4.79 Å². The molecule has 1 amide bonds. The number of amides is 1. The number of nitrogens with zero attached hydrogens (tertiary/aromatic N) is 1. The molecule has 3 rings (SSSR count). The third-order valence-electron chi connectivity index (χ3n) is 4.56. The highest BCUT2D eigenvalue weighted by Gasteiger charge is 2.35. The van der Waals surface area contributed by atoms with Crippen molar-refractivity contribution < 1.29 is 4.79 Å². The topological polar surface area (TPSA) is 58.4 Å². The summed E-state index contributed by atoms with van der Waals surface area (Å²) in [5.41, 5.74) is 8.33. The Morgan fingerprint density at radius 1 is 1.33 bits per heavy atom. The van der Waals surface area contributed by atoms with Crippen LogP contribution in [0.5, 0.6) is 0 Å². The molecule has 21 heavy (non-hydrogen) atoms. The molecular formula is C16H25N3OS. The SMILES string of the molecule is CCNC(=O)c1sc(N2CCC(C)CC2)c(C2CC2)c1N. The van der Waals surface area contributed by atoms with Crippen molar-refractivity contribution in [1.29, 1.82) is 0 Å². The highest BCUT2D eigenvalue weighted by Crippen LogP contribution is 2.52. The first-order valence-electron chi connectivity index (χ1n) is 8.07. The zero-order chi connectivity index (χ0) is 15.0. The zero-order valence-electron chi connectivity index (χ0n) is 12.9. The van der Waals surface area contributed by atoms with Gasteiger partial charge in [0.1, 0.15) is 4.88 Å². The molecule has 1 aliphatic heterocycles. The van der Waals surface area contributed by atoms with Crippen LogP contribution in [-0.2, 0) is 0 Å². The Morgan fingerprint density at radius 2 is 2.00 bits per heavy atom. The molecule has 5 heteroatoms. The van der Waals surface area contributed by atoms with Gasteiger partial charge in [-0.1, -0.05) is 6.92 Å². The maximum atomic E-state index is 12.2. The Balaban J connectivity index is 1.91. The van der Waals surface area contributed by atoms with Crippen LogP contribution in [0.15, 0.2) is 0 Å². The van der Waals surface area contributed by atoms with E-state index < -0.39 is 0 Å². The summed E-state index contributed by atoms with van der Waals surface area (Å²) in [7, 11) is 0. The lowest BCUT2D eigenvalue weighted by molar-refractivity contribution is 0.0960. The first-order chi connectivity index (χ1) is 10.1. The van der Waals surface area contributed by atoms with Gasteiger partial charge < -0.3 is 16.0 Å². The van der Waals surface area contributed by atoms with Crippen LogP contribution >= 0.6 is 11.3 Å². The maximum Gasteiger partial charge on any atom is 0.263 e. The minimum absolute atomic E-state index is 0.0153. The predicted octanol–water partition coefficient (Wildman–Crippen LogP) is 3.19. The Kier molecular flexibility index (Phi) is 4.11. The van der Waals surface area contributed by atoms with Crippen molar-refractivity contribution in [3.63, 3.8) is 0 Å². The molecular weight excluding hydrogens is 282 g/mol. The predicted molar refractivity (Wildman–Crippen MR) is 89.3 cm³/mol. The molecule has 2 fully saturated rings.